The van der Waals surface area contributed by atoms with Gasteiger partial charge < -0.3 is 4.42 Å². The number of benzene rings is 8. The van der Waals surface area contributed by atoms with E-state index in [4.69, 9.17) is 4.42 Å². The molecule has 0 saturated carbocycles. The zero-order valence-corrected chi connectivity index (χ0v) is 23.4. The molecule has 0 fully saturated rings. The first-order valence-corrected chi connectivity index (χ1v) is 14.8. The Kier molecular flexibility index (Phi) is 5.27. The summed E-state index contributed by atoms with van der Waals surface area (Å²) in [6.07, 6.45) is 0. The largest absolute Gasteiger partial charge is 0.455 e. The number of para-hydroxylation sites is 2. The van der Waals surface area contributed by atoms with E-state index >= 15 is 0 Å². The highest BCUT2D eigenvalue weighted by atomic mass is 16.3. The Morgan fingerprint density at radius 3 is 1.47 bits per heavy atom. The van der Waals surface area contributed by atoms with Crippen LogP contribution < -0.4 is 0 Å². The first kappa shape index (κ1) is 24.0. The second kappa shape index (κ2) is 9.44. The van der Waals surface area contributed by atoms with Crippen molar-refractivity contribution in [2.75, 3.05) is 0 Å². The molecule has 0 aliphatic rings. The molecule has 0 aliphatic heterocycles. The fourth-order valence-electron chi connectivity index (χ4n) is 6.78. The van der Waals surface area contributed by atoms with Gasteiger partial charge in [0.15, 0.2) is 0 Å². The second-order valence-electron chi connectivity index (χ2n) is 11.3. The summed E-state index contributed by atoms with van der Waals surface area (Å²) in [6.45, 7) is 0. The molecule has 1 nitrogen and oxygen atoms in total. The molecule has 9 aromatic rings. The van der Waals surface area contributed by atoms with E-state index in [9.17, 15) is 0 Å². The molecule has 43 heavy (non-hydrogen) atoms. The normalized spacial score (nSPS) is 11.7. The Morgan fingerprint density at radius 2 is 0.767 bits per heavy atom. The van der Waals surface area contributed by atoms with Gasteiger partial charge in [-0.25, -0.2) is 0 Å². The van der Waals surface area contributed by atoms with Gasteiger partial charge in [-0.2, -0.15) is 0 Å². The van der Waals surface area contributed by atoms with Gasteiger partial charge in [0.25, 0.3) is 0 Å². The van der Waals surface area contributed by atoms with Crippen molar-refractivity contribution in [3.05, 3.63) is 158 Å². The molecule has 200 valence electrons. The van der Waals surface area contributed by atoms with Crippen LogP contribution in [-0.4, -0.2) is 0 Å². The molecule has 0 spiro atoms. The maximum atomic E-state index is 6.33. The van der Waals surface area contributed by atoms with Gasteiger partial charge >= 0.3 is 0 Å². The van der Waals surface area contributed by atoms with Crippen LogP contribution in [0.15, 0.2) is 162 Å². The molecule has 0 atom stereocenters. The highest BCUT2D eigenvalue weighted by Gasteiger charge is 2.13. The molecule has 0 aliphatic carbocycles. The van der Waals surface area contributed by atoms with Crippen LogP contribution in [0, 0.1) is 0 Å². The van der Waals surface area contributed by atoms with Crippen LogP contribution in [0.5, 0.6) is 0 Å². The summed E-state index contributed by atoms with van der Waals surface area (Å²) >= 11 is 0. The number of hydrogen-bond donors (Lipinski definition) is 0. The van der Waals surface area contributed by atoms with Gasteiger partial charge in [-0.05, 0) is 78.3 Å². The van der Waals surface area contributed by atoms with Crippen molar-refractivity contribution in [2.45, 2.75) is 0 Å². The van der Waals surface area contributed by atoms with Crippen molar-refractivity contribution in [3.8, 4) is 33.4 Å². The summed E-state index contributed by atoms with van der Waals surface area (Å²) < 4.78 is 6.33. The molecule has 1 heterocycles. The van der Waals surface area contributed by atoms with Gasteiger partial charge in [0, 0.05) is 16.3 Å². The average molecular weight is 547 g/mol. The van der Waals surface area contributed by atoms with Gasteiger partial charge in [-0.3, -0.25) is 0 Å². The number of rotatable bonds is 3. The third-order valence-electron chi connectivity index (χ3n) is 8.87. The fraction of sp³-hybridized carbons (Fsp3) is 0. The van der Waals surface area contributed by atoms with Gasteiger partial charge in [0.05, 0.1) is 0 Å². The third kappa shape index (κ3) is 3.79. The lowest BCUT2D eigenvalue weighted by Gasteiger charge is -2.12. The predicted octanol–water partition coefficient (Wildman–Crippen LogP) is 12.0. The number of furan rings is 1. The Labute approximate surface area is 249 Å². The number of fused-ring (bicyclic) bond motifs is 9. The van der Waals surface area contributed by atoms with Crippen molar-refractivity contribution in [3.63, 3.8) is 0 Å². The highest BCUT2D eigenvalue weighted by Crippen LogP contribution is 2.39. The lowest BCUT2D eigenvalue weighted by Crippen LogP contribution is -1.86. The van der Waals surface area contributed by atoms with Crippen molar-refractivity contribution in [1.82, 2.24) is 0 Å². The summed E-state index contributed by atoms with van der Waals surface area (Å²) in [4.78, 5) is 0. The van der Waals surface area contributed by atoms with E-state index in [1.807, 2.05) is 12.1 Å². The second-order valence-corrected chi connectivity index (χ2v) is 11.3. The van der Waals surface area contributed by atoms with Crippen LogP contribution in [0.2, 0.25) is 0 Å². The molecule has 0 unspecified atom stereocenters. The van der Waals surface area contributed by atoms with Crippen molar-refractivity contribution in [1.29, 1.82) is 0 Å². The summed E-state index contributed by atoms with van der Waals surface area (Å²) in [6, 6.07) is 56.8. The zero-order chi connectivity index (χ0) is 28.3. The van der Waals surface area contributed by atoms with E-state index < -0.39 is 0 Å². The summed E-state index contributed by atoms with van der Waals surface area (Å²) in [7, 11) is 0. The highest BCUT2D eigenvalue weighted by molar-refractivity contribution is 6.25. The SMILES string of the molecule is c1cc(-c2ccc(-c3ccc4c5ccccc5c5ccccc5c4c3)cc2)cc(-c2cccc3c2oc2ccccc23)c1. The van der Waals surface area contributed by atoms with Crippen LogP contribution in [0.4, 0.5) is 0 Å². The molecule has 0 radical (unpaired) electrons. The van der Waals surface area contributed by atoms with Gasteiger partial charge in [-0.15, -0.1) is 0 Å². The van der Waals surface area contributed by atoms with E-state index in [0.29, 0.717) is 0 Å². The minimum Gasteiger partial charge on any atom is -0.455 e. The van der Waals surface area contributed by atoms with E-state index in [1.54, 1.807) is 0 Å². The Balaban J connectivity index is 1.11. The molecule has 0 amide bonds. The van der Waals surface area contributed by atoms with E-state index in [-0.39, 0.29) is 0 Å². The minimum atomic E-state index is 0.923. The first-order valence-electron chi connectivity index (χ1n) is 14.8. The molecule has 1 heteroatoms. The van der Waals surface area contributed by atoms with Crippen molar-refractivity contribution < 1.29 is 4.42 Å². The zero-order valence-electron chi connectivity index (χ0n) is 23.4. The average Bonchev–Trinajstić information content (AvgIpc) is 3.47. The molecule has 0 bridgehead atoms. The number of hydrogen-bond acceptors (Lipinski definition) is 1. The Morgan fingerprint density at radius 1 is 0.279 bits per heavy atom. The third-order valence-corrected chi connectivity index (χ3v) is 8.87. The maximum absolute atomic E-state index is 6.33. The van der Waals surface area contributed by atoms with Gasteiger partial charge in [0.2, 0.25) is 0 Å². The monoisotopic (exact) mass is 546 g/mol. The molecule has 9 rings (SSSR count). The van der Waals surface area contributed by atoms with Crippen LogP contribution in [0.3, 0.4) is 0 Å². The van der Waals surface area contributed by atoms with Gasteiger partial charge in [0.1, 0.15) is 11.2 Å². The minimum absolute atomic E-state index is 0.923. The smallest absolute Gasteiger partial charge is 0.143 e. The maximum Gasteiger partial charge on any atom is 0.143 e. The van der Waals surface area contributed by atoms with Crippen molar-refractivity contribution >= 4 is 54.3 Å². The van der Waals surface area contributed by atoms with E-state index in [1.165, 1.54) is 54.6 Å². The van der Waals surface area contributed by atoms with Gasteiger partial charge in [-0.1, -0.05) is 140 Å². The summed E-state index contributed by atoms with van der Waals surface area (Å²) in [5.41, 5.74) is 8.95. The standard InChI is InChI=1S/C42H26O/c1-2-13-35-33(11-1)34-12-3-4-14-36(34)40-26-30(23-24-37(35)40)28-21-19-27(20-22-28)29-9-7-10-31(25-29)32-16-8-17-39-38-15-5-6-18-41(38)43-42(32)39/h1-26H. The van der Waals surface area contributed by atoms with E-state index in [0.717, 1.165) is 33.1 Å². The Hall–Kier alpha value is -5.66. The van der Waals surface area contributed by atoms with Crippen LogP contribution in [0.25, 0.3) is 87.6 Å². The van der Waals surface area contributed by atoms with E-state index in [2.05, 4.69) is 146 Å². The lowest BCUT2D eigenvalue weighted by atomic mass is 9.91. The van der Waals surface area contributed by atoms with Crippen LogP contribution in [0.1, 0.15) is 0 Å². The predicted molar refractivity (Wildman–Crippen MR) is 183 cm³/mol. The molecular weight excluding hydrogens is 520 g/mol. The first-order chi connectivity index (χ1) is 21.3. The molecule has 0 N–H and O–H groups in total. The topological polar surface area (TPSA) is 13.1 Å². The molecule has 0 saturated heterocycles. The Bertz CT molecular complexity index is 2460. The van der Waals surface area contributed by atoms with Crippen LogP contribution >= 0.6 is 0 Å². The summed E-state index contributed by atoms with van der Waals surface area (Å²) in [5, 5.41) is 10.1. The lowest BCUT2D eigenvalue weighted by molar-refractivity contribution is 0.670. The van der Waals surface area contributed by atoms with Crippen molar-refractivity contribution in [2.24, 2.45) is 0 Å². The molecular formula is C42H26O. The quantitative estimate of drug-likeness (QED) is 0.201. The molecule has 8 aromatic carbocycles. The fourth-order valence-corrected chi connectivity index (χ4v) is 6.78. The van der Waals surface area contributed by atoms with Crippen LogP contribution in [-0.2, 0) is 0 Å². The summed E-state index contributed by atoms with van der Waals surface area (Å²) in [5.74, 6) is 0. The molecule has 1 aromatic heterocycles.